The van der Waals surface area contributed by atoms with Crippen molar-refractivity contribution >= 4 is 33.2 Å². The van der Waals surface area contributed by atoms with Crippen LogP contribution in [-0.2, 0) is 23.1 Å². The molecule has 228 valence electrons. The topological polar surface area (TPSA) is 95.9 Å². The largest absolute Gasteiger partial charge is 0.487 e. The predicted octanol–water partition coefficient (Wildman–Crippen LogP) is 6.13. The predicted molar refractivity (Wildman–Crippen MR) is 168 cm³/mol. The van der Waals surface area contributed by atoms with Gasteiger partial charge in [-0.3, -0.25) is 4.79 Å². The lowest BCUT2D eigenvalue weighted by Crippen LogP contribution is -2.44. The number of halogens is 1. The van der Waals surface area contributed by atoms with Crippen LogP contribution < -0.4 is 14.4 Å². The van der Waals surface area contributed by atoms with Crippen LogP contribution >= 0.6 is 11.6 Å². The minimum Gasteiger partial charge on any atom is -0.487 e. The molecule has 1 aliphatic carbocycles. The normalized spacial score (nSPS) is 29.1. The lowest BCUT2D eigenvalue weighted by molar-refractivity contribution is 0.0461. The summed E-state index contributed by atoms with van der Waals surface area (Å²) in [6.45, 7) is 7.44. The van der Waals surface area contributed by atoms with Gasteiger partial charge in [0.05, 0.1) is 17.0 Å². The molecule has 0 aromatic heterocycles. The van der Waals surface area contributed by atoms with Crippen molar-refractivity contribution < 1.29 is 23.1 Å². The number of anilines is 1. The van der Waals surface area contributed by atoms with Gasteiger partial charge in [0.25, 0.3) is 5.91 Å². The van der Waals surface area contributed by atoms with Gasteiger partial charge in [-0.15, -0.1) is 0 Å². The first-order valence-electron chi connectivity index (χ1n) is 15.2. The van der Waals surface area contributed by atoms with Crippen molar-refractivity contribution in [2.24, 2.45) is 23.7 Å². The van der Waals surface area contributed by atoms with Crippen LogP contribution in [0.5, 0.6) is 5.75 Å². The summed E-state index contributed by atoms with van der Waals surface area (Å²) in [7, 11) is -3.97. The molecule has 2 bridgehead atoms. The number of hydrogen-bond donors (Lipinski definition) is 2. The Morgan fingerprint density at radius 2 is 1.90 bits per heavy atom. The lowest BCUT2D eigenvalue weighted by atomic mass is 9.70. The molecule has 2 N–H and O–H groups in total. The fraction of sp³-hybridized carbons (Fsp3) is 0.545. The van der Waals surface area contributed by atoms with Crippen molar-refractivity contribution in [3.05, 3.63) is 70.3 Å². The number of carbonyl (C=O) groups is 1. The van der Waals surface area contributed by atoms with Gasteiger partial charge in [-0.2, -0.15) is 0 Å². The van der Waals surface area contributed by atoms with E-state index in [1.165, 1.54) is 5.56 Å². The molecule has 0 unspecified atom stereocenters. The van der Waals surface area contributed by atoms with Crippen LogP contribution in [0.3, 0.4) is 0 Å². The van der Waals surface area contributed by atoms with E-state index in [-0.39, 0.29) is 23.3 Å². The lowest BCUT2D eigenvalue weighted by Gasteiger charge is -2.42. The highest BCUT2D eigenvalue weighted by atomic mass is 35.5. The number of nitrogens with one attached hydrogen (secondary N) is 1. The molecule has 2 heterocycles. The average molecular weight is 615 g/mol. The van der Waals surface area contributed by atoms with Crippen molar-refractivity contribution in [2.75, 3.05) is 18.0 Å². The van der Waals surface area contributed by atoms with Gasteiger partial charge in [-0.05, 0) is 104 Å². The molecule has 0 saturated heterocycles. The summed E-state index contributed by atoms with van der Waals surface area (Å²) < 4.78 is 35.8. The number of aliphatic hydroxyl groups excluding tert-OH is 1. The van der Waals surface area contributed by atoms with E-state index in [9.17, 15) is 18.3 Å². The molecule has 2 aliphatic heterocycles. The van der Waals surface area contributed by atoms with E-state index in [2.05, 4.69) is 9.62 Å². The van der Waals surface area contributed by atoms with Crippen molar-refractivity contribution in [3.8, 4) is 5.75 Å². The summed E-state index contributed by atoms with van der Waals surface area (Å²) in [4.78, 5) is 15.7. The number of amides is 1. The van der Waals surface area contributed by atoms with Crippen LogP contribution in [0.1, 0.15) is 74.4 Å². The van der Waals surface area contributed by atoms with Crippen LogP contribution in [0.2, 0.25) is 5.02 Å². The van der Waals surface area contributed by atoms with Crippen LogP contribution in [0.4, 0.5) is 5.69 Å². The molecule has 2 aromatic rings. The molecule has 3 aliphatic rings. The molecule has 1 amide bonds. The van der Waals surface area contributed by atoms with Gasteiger partial charge in [-0.25, -0.2) is 13.1 Å². The summed E-state index contributed by atoms with van der Waals surface area (Å²) in [6, 6.07) is 11.1. The number of carbonyl (C=O) groups excluding carboxylic acids is 1. The van der Waals surface area contributed by atoms with Gasteiger partial charge >= 0.3 is 0 Å². The maximum Gasteiger partial charge on any atom is 0.264 e. The smallest absolute Gasteiger partial charge is 0.264 e. The molecular formula is C33H43ClN2O5S. The SMILES string of the molecule is CC(C)[C@@H]1[C@@H](C)C/C=C/[C@H](O)[C@@H]2CC[C@H]2CN2CCCCc3cc(Cl)ccc3COc3ccc(cc32)C(=O)NS1(=O)=O. The first-order valence-corrected chi connectivity index (χ1v) is 17.2. The Bertz CT molecular complexity index is 1430. The Kier molecular flexibility index (Phi) is 9.55. The number of benzene rings is 2. The highest BCUT2D eigenvalue weighted by molar-refractivity contribution is 7.90. The third-order valence-electron chi connectivity index (χ3n) is 9.26. The Labute approximate surface area is 255 Å². The van der Waals surface area contributed by atoms with Crippen LogP contribution in [0.25, 0.3) is 0 Å². The molecule has 0 spiro atoms. The zero-order chi connectivity index (χ0) is 30.0. The Hall–Kier alpha value is -2.55. The van der Waals surface area contributed by atoms with E-state index in [0.29, 0.717) is 29.7 Å². The van der Waals surface area contributed by atoms with Crippen LogP contribution in [0, 0.1) is 23.7 Å². The molecule has 2 aromatic carbocycles. The highest BCUT2D eigenvalue weighted by Gasteiger charge is 2.38. The number of nitrogens with zero attached hydrogens (tertiary/aromatic N) is 1. The first kappa shape index (κ1) is 30.9. The molecule has 1 fully saturated rings. The minimum atomic E-state index is -3.97. The summed E-state index contributed by atoms with van der Waals surface area (Å²) >= 11 is 6.31. The second kappa shape index (κ2) is 13.0. The Morgan fingerprint density at radius 1 is 1.10 bits per heavy atom. The monoisotopic (exact) mass is 614 g/mol. The van der Waals surface area contributed by atoms with E-state index < -0.39 is 27.3 Å². The van der Waals surface area contributed by atoms with Gasteiger partial charge in [-0.1, -0.05) is 50.6 Å². The minimum absolute atomic E-state index is 0.134. The molecule has 5 rings (SSSR count). The van der Waals surface area contributed by atoms with Gasteiger partial charge in [0.15, 0.2) is 0 Å². The molecule has 7 nitrogen and oxygen atoms in total. The van der Waals surface area contributed by atoms with Gasteiger partial charge in [0, 0.05) is 23.7 Å². The van der Waals surface area contributed by atoms with Crippen LogP contribution in [0.15, 0.2) is 48.6 Å². The zero-order valence-electron chi connectivity index (χ0n) is 24.8. The molecule has 5 atom stereocenters. The van der Waals surface area contributed by atoms with Crippen molar-refractivity contribution in [1.29, 1.82) is 0 Å². The highest BCUT2D eigenvalue weighted by Crippen LogP contribution is 2.41. The standard InChI is InChI=1S/C33H43ClN2O5S/c1-21(2)32-22(3)7-6-9-30(37)28-14-11-25(28)19-36-16-5-4-8-23-17-27(34)13-10-26(23)20-41-31-15-12-24(18-29(31)36)33(38)35-42(32,39)40/h6,9-10,12-13,15,17-18,21-22,25,28,30,32,37H,4-5,7-8,11,14,16,19-20H2,1-3H3,(H,35,38)/b9-6+/t22-,25-,28+,30-,32+/m0/s1. The van der Waals surface area contributed by atoms with E-state index in [1.54, 1.807) is 18.2 Å². The van der Waals surface area contributed by atoms with E-state index in [4.69, 9.17) is 16.3 Å². The maximum absolute atomic E-state index is 13.5. The van der Waals surface area contributed by atoms with Crippen molar-refractivity contribution in [3.63, 3.8) is 0 Å². The third kappa shape index (κ3) is 6.81. The molecule has 0 radical (unpaired) electrons. The summed E-state index contributed by atoms with van der Waals surface area (Å²) in [6.07, 6.45) is 8.42. The Balaban J connectivity index is 1.55. The second-order valence-corrected chi connectivity index (χ2v) is 14.9. The maximum atomic E-state index is 13.5. The van der Waals surface area contributed by atoms with E-state index >= 15 is 0 Å². The van der Waals surface area contributed by atoms with Gasteiger partial charge in [0.2, 0.25) is 10.0 Å². The first-order chi connectivity index (χ1) is 20.0. The number of fused-ring (bicyclic) bond motifs is 3. The molecule has 9 heteroatoms. The number of hydrogen-bond acceptors (Lipinski definition) is 6. The Morgan fingerprint density at radius 3 is 2.64 bits per heavy atom. The number of rotatable bonds is 1. The van der Waals surface area contributed by atoms with Crippen molar-refractivity contribution in [1.82, 2.24) is 4.72 Å². The van der Waals surface area contributed by atoms with Gasteiger partial charge in [0.1, 0.15) is 12.4 Å². The van der Waals surface area contributed by atoms with E-state index in [1.807, 2.05) is 51.1 Å². The summed E-state index contributed by atoms with van der Waals surface area (Å²) in [5.74, 6) is -0.00180. The summed E-state index contributed by atoms with van der Waals surface area (Å²) in [5.41, 5.74) is 3.30. The number of sulfonamides is 1. The molecule has 42 heavy (non-hydrogen) atoms. The zero-order valence-corrected chi connectivity index (χ0v) is 26.3. The van der Waals surface area contributed by atoms with Crippen LogP contribution in [-0.4, -0.2) is 43.9 Å². The van der Waals surface area contributed by atoms with E-state index in [0.717, 1.165) is 56.4 Å². The third-order valence-corrected chi connectivity index (χ3v) is 11.7. The molecule has 1 saturated carbocycles. The number of aryl methyl sites for hydroxylation is 1. The molecular weight excluding hydrogens is 572 g/mol. The van der Waals surface area contributed by atoms with Gasteiger partial charge < -0.3 is 14.7 Å². The fourth-order valence-corrected chi connectivity index (χ4v) is 9.07. The second-order valence-electron chi connectivity index (χ2n) is 12.6. The fourth-order valence-electron chi connectivity index (χ4n) is 6.92. The van der Waals surface area contributed by atoms with Crippen molar-refractivity contribution in [2.45, 2.75) is 77.3 Å². The number of allylic oxidation sites excluding steroid dienone is 1. The average Bonchev–Trinajstić information content (AvgIpc) is 2.93. The summed E-state index contributed by atoms with van der Waals surface area (Å²) in [5, 5.41) is 11.0. The number of aliphatic hydroxyl groups is 1. The number of ether oxygens (including phenoxy) is 1. The quantitative estimate of drug-likeness (QED) is 0.375.